The van der Waals surface area contributed by atoms with Gasteiger partial charge in [-0.15, -0.1) is 0 Å². The molecule has 1 aromatic heterocycles. The normalized spacial score (nSPS) is 11.0. The number of ketones is 1. The zero-order chi connectivity index (χ0) is 20.8. The number of carbonyl (C=O) groups excluding carboxylic acids is 1. The van der Waals surface area contributed by atoms with Gasteiger partial charge in [-0.25, -0.2) is 0 Å². The minimum absolute atomic E-state index is 0.0901. The molecule has 0 fully saturated rings. The fraction of sp³-hybridized carbons (Fsp3) is 0.136. The van der Waals surface area contributed by atoms with E-state index in [1.165, 1.54) is 19.2 Å². The highest BCUT2D eigenvalue weighted by Crippen LogP contribution is 2.35. The predicted octanol–water partition coefficient (Wildman–Crippen LogP) is 4.88. The van der Waals surface area contributed by atoms with Crippen LogP contribution in [0.1, 0.15) is 32.8 Å². The van der Waals surface area contributed by atoms with Gasteiger partial charge in [0.15, 0.2) is 6.79 Å². The summed E-state index contributed by atoms with van der Waals surface area (Å²) in [6.07, 6.45) is 5.07. The van der Waals surface area contributed by atoms with Crippen LogP contribution in [-0.2, 0) is 4.74 Å². The standard InChI is InChI=1S/C22H19NO6/c1-15-16(12-13-28-15)8-9-18-10-11-19(23(25)26)20(22(18)29-14-27-2)21(24)17-6-4-3-5-7-17/h3-13H,14H2,1-2H3. The van der Waals surface area contributed by atoms with Gasteiger partial charge in [0, 0.05) is 29.9 Å². The lowest BCUT2D eigenvalue weighted by Crippen LogP contribution is -2.11. The molecule has 2 aromatic carbocycles. The van der Waals surface area contributed by atoms with Crippen LogP contribution in [0.4, 0.5) is 5.69 Å². The smallest absolute Gasteiger partial charge is 0.284 e. The first-order valence-electron chi connectivity index (χ1n) is 8.78. The largest absolute Gasteiger partial charge is 0.469 e. The first kappa shape index (κ1) is 20.0. The zero-order valence-electron chi connectivity index (χ0n) is 16.0. The van der Waals surface area contributed by atoms with Gasteiger partial charge < -0.3 is 13.9 Å². The Morgan fingerprint density at radius 1 is 1.10 bits per heavy atom. The number of nitro benzene ring substituents is 1. The molecule has 0 N–H and O–H groups in total. The average molecular weight is 393 g/mol. The summed E-state index contributed by atoms with van der Waals surface area (Å²) in [6.45, 7) is 1.66. The summed E-state index contributed by atoms with van der Waals surface area (Å²) < 4.78 is 15.9. The molecule has 0 spiro atoms. The van der Waals surface area contributed by atoms with Crippen LogP contribution in [0.25, 0.3) is 12.2 Å². The summed E-state index contributed by atoms with van der Waals surface area (Å²) in [5.74, 6) is 0.313. The molecule has 7 heteroatoms. The maximum absolute atomic E-state index is 13.1. The van der Waals surface area contributed by atoms with Gasteiger partial charge in [-0.05, 0) is 19.1 Å². The van der Waals surface area contributed by atoms with Gasteiger partial charge in [-0.3, -0.25) is 14.9 Å². The van der Waals surface area contributed by atoms with Crippen molar-refractivity contribution in [2.24, 2.45) is 0 Å². The quantitative estimate of drug-likeness (QED) is 0.234. The molecule has 0 aliphatic carbocycles. The Bertz CT molecular complexity index is 1050. The van der Waals surface area contributed by atoms with Crippen LogP contribution in [0.15, 0.2) is 59.2 Å². The number of aryl methyl sites for hydroxylation is 1. The molecule has 0 aliphatic rings. The Morgan fingerprint density at radius 3 is 2.45 bits per heavy atom. The average Bonchev–Trinajstić information content (AvgIpc) is 3.15. The fourth-order valence-electron chi connectivity index (χ4n) is 2.85. The molecule has 0 aliphatic heterocycles. The SMILES string of the molecule is COCOc1c(C=Cc2ccoc2C)ccc([N+](=O)[O-])c1C(=O)c1ccccc1. The molecule has 1 heterocycles. The highest BCUT2D eigenvalue weighted by Gasteiger charge is 2.28. The van der Waals surface area contributed by atoms with Gasteiger partial charge >= 0.3 is 0 Å². The van der Waals surface area contributed by atoms with Gasteiger partial charge in [0.05, 0.1) is 11.2 Å². The fourth-order valence-corrected chi connectivity index (χ4v) is 2.85. The van der Waals surface area contributed by atoms with Crippen LogP contribution in [0, 0.1) is 17.0 Å². The van der Waals surface area contributed by atoms with Crippen LogP contribution >= 0.6 is 0 Å². The Balaban J connectivity index is 2.17. The van der Waals surface area contributed by atoms with Crippen molar-refractivity contribution < 1.29 is 23.6 Å². The number of hydrogen-bond acceptors (Lipinski definition) is 6. The van der Waals surface area contributed by atoms with E-state index >= 15 is 0 Å². The van der Waals surface area contributed by atoms with E-state index in [-0.39, 0.29) is 23.8 Å². The Morgan fingerprint density at radius 2 is 1.83 bits per heavy atom. The highest BCUT2D eigenvalue weighted by molar-refractivity contribution is 6.14. The molecule has 0 bridgehead atoms. The Hall–Kier alpha value is -3.71. The van der Waals surface area contributed by atoms with Crippen molar-refractivity contribution in [3.05, 3.63) is 92.9 Å². The van der Waals surface area contributed by atoms with Crippen LogP contribution in [0.3, 0.4) is 0 Å². The maximum atomic E-state index is 13.1. The minimum atomic E-state index is -0.594. The number of nitro groups is 1. The number of carbonyl (C=O) groups is 1. The third-order valence-corrected chi connectivity index (χ3v) is 4.29. The second-order valence-corrected chi connectivity index (χ2v) is 6.15. The number of methoxy groups -OCH3 is 1. The summed E-state index contributed by atoms with van der Waals surface area (Å²) in [6, 6.07) is 13.0. The molecular weight excluding hydrogens is 374 g/mol. The van der Waals surface area contributed by atoms with E-state index in [4.69, 9.17) is 13.9 Å². The van der Waals surface area contributed by atoms with E-state index in [1.54, 1.807) is 54.8 Å². The van der Waals surface area contributed by atoms with Gasteiger partial charge in [-0.1, -0.05) is 42.5 Å². The lowest BCUT2D eigenvalue weighted by molar-refractivity contribution is -0.385. The van der Waals surface area contributed by atoms with Gasteiger partial charge in [0.1, 0.15) is 17.1 Å². The van der Waals surface area contributed by atoms with E-state index in [0.29, 0.717) is 11.1 Å². The van der Waals surface area contributed by atoms with E-state index in [0.717, 1.165) is 11.3 Å². The number of furan rings is 1. The van der Waals surface area contributed by atoms with Crippen molar-refractivity contribution >= 4 is 23.6 Å². The van der Waals surface area contributed by atoms with E-state index < -0.39 is 10.7 Å². The van der Waals surface area contributed by atoms with Gasteiger partial charge in [-0.2, -0.15) is 0 Å². The van der Waals surface area contributed by atoms with Crippen molar-refractivity contribution in [2.45, 2.75) is 6.92 Å². The Labute approximate surface area is 167 Å². The maximum Gasteiger partial charge on any atom is 0.284 e. The molecule has 0 saturated heterocycles. The Kier molecular flexibility index (Phi) is 6.21. The molecule has 0 radical (unpaired) electrons. The first-order chi connectivity index (χ1) is 14.0. The van der Waals surface area contributed by atoms with E-state index in [9.17, 15) is 14.9 Å². The summed E-state index contributed by atoms with van der Waals surface area (Å²) in [7, 11) is 1.43. The first-order valence-corrected chi connectivity index (χ1v) is 8.78. The van der Waals surface area contributed by atoms with Gasteiger partial charge in [0.2, 0.25) is 5.78 Å². The van der Waals surface area contributed by atoms with Crippen molar-refractivity contribution in [2.75, 3.05) is 13.9 Å². The highest BCUT2D eigenvalue weighted by atomic mass is 16.7. The number of benzene rings is 2. The summed E-state index contributed by atoms with van der Waals surface area (Å²) in [4.78, 5) is 24.2. The second-order valence-electron chi connectivity index (χ2n) is 6.15. The van der Waals surface area contributed by atoms with Crippen molar-refractivity contribution in [3.8, 4) is 5.75 Å². The minimum Gasteiger partial charge on any atom is -0.469 e. The lowest BCUT2D eigenvalue weighted by Gasteiger charge is -2.14. The van der Waals surface area contributed by atoms with Crippen LogP contribution in [0.5, 0.6) is 5.75 Å². The predicted molar refractivity (Wildman–Crippen MR) is 108 cm³/mol. The number of ether oxygens (including phenoxy) is 2. The number of hydrogen-bond donors (Lipinski definition) is 0. The molecule has 148 valence electrons. The molecule has 0 atom stereocenters. The molecular formula is C22H19NO6. The third kappa shape index (κ3) is 4.41. The van der Waals surface area contributed by atoms with Crippen molar-refractivity contribution in [1.29, 1.82) is 0 Å². The van der Waals surface area contributed by atoms with Crippen LogP contribution in [0.2, 0.25) is 0 Å². The van der Waals surface area contributed by atoms with E-state index in [2.05, 4.69) is 0 Å². The van der Waals surface area contributed by atoms with Gasteiger partial charge in [0.25, 0.3) is 5.69 Å². The monoisotopic (exact) mass is 393 g/mol. The molecule has 0 amide bonds. The van der Waals surface area contributed by atoms with E-state index in [1.807, 2.05) is 6.92 Å². The number of nitrogens with zero attached hydrogens (tertiary/aromatic N) is 1. The van der Waals surface area contributed by atoms with Crippen LogP contribution < -0.4 is 4.74 Å². The molecule has 0 unspecified atom stereocenters. The van der Waals surface area contributed by atoms with Crippen molar-refractivity contribution in [3.63, 3.8) is 0 Å². The van der Waals surface area contributed by atoms with Crippen molar-refractivity contribution in [1.82, 2.24) is 0 Å². The second kappa shape index (κ2) is 8.99. The molecule has 29 heavy (non-hydrogen) atoms. The van der Waals surface area contributed by atoms with Crippen LogP contribution in [-0.4, -0.2) is 24.6 Å². The third-order valence-electron chi connectivity index (χ3n) is 4.29. The summed E-state index contributed by atoms with van der Waals surface area (Å²) >= 11 is 0. The lowest BCUT2D eigenvalue weighted by atomic mass is 9.97. The summed E-state index contributed by atoms with van der Waals surface area (Å²) in [5, 5.41) is 11.6. The zero-order valence-corrected chi connectivity index (χ0v) is 16.0. The molecule has 3 rings (SSSR count). The topological polar surface area (TPSA) is 91.8 Å². The molecule has 0 saturated carbocycles. The molecule has 3 aromatic rings. The molecule has 7 nitrogen and oxygen atoms in total. The number of rotatable bonds is 8. The summed E-state index contributed by atoms with van der Waals surface area (Å²) in [5.41, 5.74) is 1.22.